The molecule has 2 N–H and O–H groups in total. The van der Waals surface area contributed by atoms with Gasteiger partial charge in [-0.1, -0.05) is 23.7 Å². The summed E-state index contributed by atoms with van der Waals surface area (Å²) in [5.41, 5.74) is 2.21. The zero-order chi connectivity index (χ0) is 20.1. The number of carbonyl (C=O) groups is 2. The molecule has 3 aromatic rings. The molecule has 0 bridgehead atoms. The second kappa shape index (κ2) is 8.63. The van der Waals surface area contributed by atoms with Crippen molar-refractivity contribution in [3.05, 3.63) is 83.3 Å². The smallest absolute Gasteiger partial charge is 0.322 e. The van der Waals surface area contributed by atoms with Gasteiger partial charge in [0.15, 0.2) is 5.76 Å². The van der Waals surface area contributed by atoms with E-state index in [4.69, 9.17) is 16.0 Å². The van der Waals surface area contributed by atoms with Crippen molar-refractivity contribution in [2.24, 2.45) is 0 Å². The van der Waals surface area contributed by atoms with Crippen molar-refractivity contribution in [3.63, 3.8) is 0 Å². The predicted molar refractivity (Wildman–Crippen MR) is 110 cm³/mol. The van der Waals surface area contributed by atoms with Crippen LogP contribution in [0.4, 0.5) is 16.2 Å². The first-order valence-corrected chi connectivity index (χ1v) is 9.06. The molecule has 0 aliphatic heterocycles. The summed E-state index contributed by atoms with van der Waals surface area (Å²) in [5.74, 6) is -0.103. The molecule has 0 saturated carbocycles. The van der Waals surface area contributed by atoms with Gasteiger partial charge in [0.2, 0.25) is 0 Å². The number of rotatable bonds is 5. The van der Waals surface area contributed by atoms with E-state index in [0.29, 0.717) is 16.4 Å². The normalized spacial score (nSPS) is 11.5. The predicted octanol–water partition coefficient (Wildman–Crippen LogP) is 5.41. The van der Waals surface area contributed by atoms with Crippen molar-refractivity contribution in [3.8, 4) is 0 Å². The monoisotopic (exact) mass is 397 g/mol. The first kappa shape index (κ1) is 19.5. The number of hydrogen-bond donors (Lipinski definition) is 2. The van der Waals surface area contributed by atoms with Gasteiger partial charge in [0, 0.05) is 23.4 Å². The number of hydrogen-bond acceptors (Lipinski definition) is 3. The largest absolute Gasteiger partial charge is 0.459 e. The lowest BCUT2D eigenvalue weighted by Crippen LogP contribution is -2.33. The van der Waals surface area contributed by atoms with Crippen LogP contribution >= 0.6 is 11.6 Å². The molecular formula is C21H20ClN3O3. The lowest BCUT2D eigenvalue weighted by atomic mass is 10.1. The maximum absolute atomic E-state index is 12.5. The average molecular weight is 398 g/mol. The summed E-state index contributed by atoms with van der Waals surface area (Å²) in [6, 6.07) is 17.1. The molecule has 3 rings (SSSR count). The molecule has 28 heavy (non-hydrogen) atoms. The van der Waals surface area contributed by atoms with Gasteiger partial charge in [-0.25, -0.2) is 4.79 Å². The topological polar surface area (TPSA) is 74.6 Å². The Labute approximate surface area is 168 Å². The molecule has 1 heterocycles. The number of urea groups is 1. The highest BCUT2D eigenvalue weighted by molar-refractivity contribution is 6.30. The number of carbonyl (C=O) groups excluding carboxylic acids is 2. The second-order valence-electron chi connectivity index (χ2n) is 6.28. The van der Waals surface area contributed by atoms with Crippen molar-refractivity contribution >= 4 is 34.9 Å². The van der Waals surface area contributed by atoms with Crippen LogP contribution < -0.4 is 10.6 Å². The van der Waals surface area contributed by atoms with Crippen molar-refractivity contribution in [1.82, 2.24) is 4.90 Å². The molecule has 1 atom stereocenters. The van der Waals surface area contributed by atoms with Crippen molar-refractivity contribution < 1.29 is 14.0 Å². The summed E-state index contributed by atoms with van der Waals surface area (Å²) in [6.07, 6.45) is 1.44. The third-order valence-electron chi connectivity index (χ3n) is 4.39. The van der Waals surface area contributed by atoms with Gasteiger partial charge in [-0.05, 0) is 61.0 Å². The fourth-order valence-electron chi connectivity index (χ4n) is 2.59. The van der Waals surface area contributed by atoms with Gasteiger partial charge in [0.25, 0.3) is 5.91 Å². The lowest BCUT2D eigenvalue weighted by molar-refractivity contribution is 0.0996. The molecule has 1 aromatic heterocycles. The fraction of sp³-hybridized carbons (Fsp3) is 0.143. The van der Waals surface area contributed by atoms with Crippen LogP contribution in [-0.2, 0) is 0 Å². The fourth-order valence-corrected chi connectivity index (χ4v) is 2.72. The molecule has 0 spiro atoms. The SMILES string of the molecule is CC(c1ccc(Cl)cc1)N(C)C(=O)Nc1ccc(NC(=O)c2ccco2)cc1. The van der Waals surface area contributed by atoms with Gasteiger partial charge in [-0.3, -0.25) is 4.79 Å². The summed E-state index contributed by atoms with van der Waals surface area (Å²) >= 11 is 5.91. The summed E-state index contributed by atoms with van der Waals surface area (Å²) in [4.78, 5) is 26.1. The van der Waals surface area contributed by atoms with E-state index in [1.165, 1.54) is 6.26 Å². The van der Waals surface area contributed by atoms with E-state index in [0.717, 1.165) is 5.56 Å². The minimum Gasteiger partial charge on any atom is -0.459 e. The highest BCUT2D eigenvalue weighted by atomic mass is 35.5. The standard InChI is InChI=1S/C21H20ClN3O3/c1-14(15-5-7-16(22)8-6-15)25(2)21(27)24-18-11-9-17(10-12-18)23-20(26)19-4-3-13-28-19/h3-14H,1-2H3,(H,23,26)(H,24,27). The van der Waals surface area contributed by atoms with E-state index in [-0.39, 0.29) is 23.7 Å². The minimum atomic E-state index is -0.335. The van der Waals surface area contributed by atoms with Crippen LogP contribution in [0.1, 0.15) is 29.1 Å². The van der Waals surface area contributed by atoms with Crippen LogP contribution in [-0.4, -0.2) is 23.9 Å². The molecule has 2 aromatic carbocycles. The van der Waals surface area contributed by atoms with Crippen molar-refractivity contribution in [1.29, 1.82) is 0 Å². The molecule has 0 aliphatic rings. The van der Waals surface area contributed by atoms with Crippen molar-refractivity contribution in [2.75, 3.05) is 17.7 Å². The van der Waals surface area contributed by atoms with Crippen LogP contribution in [0.5, 0.6) is 0 Å². The maximum Gasteiger partial charge on any atom is 0.322 e. The molecule has 0 fully saturated rings. The Hall–Kier alpha value is -3.25. The highest BCUT2D eigenvalue weighted by Crippen LogP contribution is 2.22. The Morgan fingerprint density at radius 2 is 1.57 bits per heavy atom. The Kier molecular flexibility index (Phi) is 6.01. The van der Waals surface area contributed by atoms with E-state index in [1.807, 2.05) is 19.1 Å². The summed E-state index contributed by atoms with van der Waals surface area (Å²) in [6.45, 7) is 1.94. The number of furan rings is 1. The molecule has 3 amide bonds. The van der Waals surface area contributed by atoms with Crippen LogP contribution in [0.15, 0.2) is 71.3 Å². The van der Waals surface area contributed by atoms with E-state index in [1.54, 1.807) is 60.5 Å². The van der Waals surface area contributed by atoms with E-state index >= 15 is 0 Å². The van der Waals surface area contributed by atoms with Crippen LogP contribution in [0.3, 0.4) is 0 Å². The first-order chi connectivity index (χ1) is 13.4. The molecule has 1 unspecified atom stereocenters. The third kappa shape index (κ3) is 4.72. The average Bonchev–Trinajstić information content (AvgIpc) is 3.24. The Morgan fingerprint density at radius 1 is 0.964 bits per heavy atom. The molecule has 0 radical (unpaired) electrons. The number of halogens is 1. The summed E-state index contributed by atoms with van der Waals surface area (Å²) < 4.78 is 5.05. The zero-order valence-electron chi connectivity index (χ0n) is 15.5. The van der Waals surface area contributed by atoms with Gasteiger partial charge in [0.1, 0.15) is 0 Å². The van der Waals surface area contributed by atoms with Crippen LogP contribution in [0.25, 0.3) is 0 Å². The minimum absolute atomic E-state index is 0.121. The first-order valence-electron chi connectivity index (χ1n) is 8.68. The third-order valence-corrected chi connectivity index (χ3v) is 4.64. The second-order valence-corrected chi connectivity index (χ2v) is 6.71. The van der Waals surface area contributed by atoms with E-state index in [9.17, 15) is 9.59 Å². The summed E-state index contributed by atoms with van der Waals surface area (Å²) in [7, 11) is 1.73. The van der Waals surface area contributed by atoms with Gasteiger partial charge in [0.05, 0.1) is 12.3 Å². The van der Waals surface area contributed by atoms with E-state index < -0.39 is 0 Å². The Morgan fingerprint density at radius 3 is 2.14 bits per heavy atom. The Balaban J connectivity index is 1.59. The van der Waals surface area contributed by atoms with Gasteiger partial charge < -0.3 is 20.0 Å². The van der Waals surface area contributed by atoms with Crippen molar-refractivity contribution in [2.45, 2.75) is 13.0 Å². The van der Waals surface area contributed by atoms with Crippen LogP contribution in [0, 0.1) is 0 Å². The zero-order valence-corrected chi connectivity index (χ0v) is 16.2. The maximum atomic E-state index is 12.5. The van der Waals surface area contributed by atoms with Gasteiger partial charge in [-0.2, -0.15) is 0 Å². The van der Waals surface area contributed by atoms with E-state index in [2.05, 4.69) is 10.6 Å². The summed E-state index contributed by atoms with van der Waals surface area (Å²) in [5, 5.41) is 6.22. The molecule has 144 valence electrons. The molecular weight excluding hydrogens is 378 g/mol. The number of benzene rings is 2. The molecule has 0 saturated heterocycles. The molecule has 7 heteroatoms. The van der Waals surface area contributed by atoms with Gasteiger partial charge in [-0.15, -0.1) is 0 Å². The van der Waals surface area contributed by atoms with Gasteiger partial charge >= 0.3 is 6.03 Å². The van der Waals surface area contributed by atoms with Crippen LogP contribution in [0.2, 0.25) is 5.02 Å². The highest BCUT2D eigenvalue weighted by Gasteiger charge is 2.17. The number of nitrogens with one attached hydrogen (secondary N) is 2. The quantitative estimate of drug-likeness (QED) is 0.604. The number of anilines is 2. The molecule has 6 nitrogen and oxygen atoms in total. The number of nitrogens with zero attached hydrogens (tertiary/aromatic N) is 1. The Bertz CT molecular complexity index is 938. The molecule has 0 aliphatic carbocycles. The lowest BCUT2D eigenvalue weighted by Gasteiger charge is -2.25. The number of amides is 3.